The van der Waals surface area contributed by atoms with E-state index in [0.717, 1.165) is 4.31 Å². The van der Waals surface area contributed by atoms with Crippen LogP contribution in [0.5, 0.6) is 0 Å². The van der Waals surface area contributed by atoms with Crippen LogP contribution in [0.25, 0.3) is 0 Å². The lowest BCUT2D eigenvalue weighted by atomic mass is 10.4. The molecular formula is C8H16N2O5S. The van der Waals surface area contributed by atoms with Gasteiger partial charge in [-0.3, -0.25) is 9.59 Å². The predicted octanol–water partition coefficient (Wildman–Crippen LogP) is -1.14. The van der Waals surface area contributed by atoms with Crippen LogP contribution in [0.15, 0.2) is 0 Å². The minimum atomic E-state index is -3.59. The SMILES string of the molecule is CNC(=O)CCN(C)S(=O)(=O)CCC(=O)O. The lowest BCUT2D eigenvalue weighted by Gasteiger charge is -2.15. The van der Waals surface area contributed by atoms with Crippen LogP contribution in [0.1, 0.15) is 12.8 Å². The average Bonchev–Trinajstić information content (AvgIpc) is 2.22. The molecule has 0 aliphatic heterocycles. The molecule has 0 saturated carbocycles. The topological polar surface area (TPSA) is 104 Å². The largest absolute Gasteiger partial charge is 0.481 e. The molecule has 8 heteroatoms. The van der Waals surface area contributed by atoms with Gasteiger partial charge in [0.15, 0.2) is 0 Å². The smallest absolute Gasteiger partial charge is 0.304 e. The van der Waals surface area contributed by atoms with Crippen molar-refractivity contribution in [1.29, 1.82) is 0 Å². The minimum Gasteiger partial charge on any atom is -0.481 e. The molecule has 94 valence electrons. The monoisotopic (exact) mass is 252 g/mol. The molecule has 0 atom stereocenters. The molecule has 0 radical (unpaired) electrons. The molecule has 7 nitrogen and oxygen atoms in total. The van der Waals surface area contributed by atoms with Crippen molar-refractivity contribution in [1.82, 2.24) is 9.62 Å². The van der Waals surface area contributed by atoms with Crippen molar-refractivity contribution in [3.63, 3.8) is 0 Å². The Morgan fingerprint density at radius 1 is 1.31 bits per heavy atom. The lowest BCUT2D eigenvalue weighted by Crippen LogP contribution is -2.33. The number of hydrogen-bond donors (Lipinski definition) is 2. The Balaban J connectivity index is 4.19. The molecule has 16 heavy (non-hydrogen) atoms. The van der Waals surface area contributed by atoms with Crippen LogP contribution in [-0.4, -0.2) is 56.1 Å². The molecule has 0 bridgehead atoms. The lowest BCUT2D eigenvalue weighted by molar-refractivity contribution is -0.136. The Morgan fingerprint density at radius 2 is 1.88 bits per heavy atom. The summed E-state index contributed by atoms with van der Waals surface area (Å²) in [6.07, 6.45) is -0.383. The Bertz CT molecular complexity index is 351. The van der Waals surface area contributed by atoms with Crippen LogP contribution in [0.4, 0.5) is 0 Å². The van der Waals surface area contributed by atoms with Crippen molar-refractivity contribution in [3.05, 3.63) is 0 Å². The van der Waals surface area contributed by atoms with Crippen LogP contribution < -0.4 is 5.32 Å². The van der Waals surface area contributed by atoms with E-state index in [1.165, 1.54) is 14.1 Å². The van der Waals surface area contributed by atoms with Gasteiger partial charge in [0, 0.05) is 27.1 Å². The first-order chi connectivity index (χ1) is 7.29. The first-order valence-corrected chi connectivity index (χ1v) is 6.27. The second-order valence-corrected chi connectivity index (χ2v) is 5.40. The summed E-state index contributed by atoms with van der Waals surface area (Å²) in [6, 6.07) is 0. The van der Waals surface area contributed by atoms with Gasteiger partial charge in [0.05, 0.1) is 12.2 Å². The third kappa shape index (κ3) is 5.66. The zero-order valence-electron chi connectivity index (χ0n) is 9.26. The molecule has 0 aliphatic carbocycles. The number of carboxylic acid groups (broad SMARTS) is 1. The van der Waals surface area contributed by atoms with Gasteiger partial charge in [0.25, 0.3) is 0 Å². The van der Waals surface area contributed by atoms with Gasteiger partial charge in [-0.25, -0.2) is 12.7 Å². The molecule has 2 N–H and O–H groups in total. The van der Waals surface area contributed by atoms with Crippen molar-refractivity contribution in [2.24, 2.45) is 0 Å². The summed E-state index contributed by atoms with van der Waals surface area (Å²) in [4.78, 5) is 21.1. The number of aliphatic carboxylic acids is 1. The van der Waals surface area contributed by atoms with Crippen LogP contribution in [0.2, 0.25) is 0 Å². The molecule has 0 aromatic carbocycles. The van der Waals surface area contributed by atoms with E-state index in [1.54, 1.807) is 0 Å². The maximum atomic E-state index is 11.5. The van der Waals surface area contributed by atoms with Crippen molar-refractivity contribution >= 4 is 21.9 Å². The van der Waals surface area contributed by atoms with E-state index in [-0.39, 0.29) is 18.9 Å². The van der Waals surface area contributed by atoms with Crippen molar-refractivity contribution in [3.8, 4) is 0 Å². The number of carbonyl (C=O) groups excluding carboxylic acids is 1. The number of rotatable bonds is 7. The maximum absolute atomic E-state index is 11.5. The molecule has 0 aliphatic rings. The number of nitrogens with one attached hydrogen (secondary N) is 1. The highest BCUT2D eigenvalue weighted by Gasteiger charge is 2.19. The summed E-state index contributed by atoms with van der Waals surface area (Å²) in [5, 5.41) is 10.7. The van der Waals surface area contributed by atoms with E-state index in [0.29, 0.717) is 0 Å². The number of sulfonamides is 1. The first kappa shape index (κ1) is 14.8. The molecule has 1 amide bonds. The molecule has 0 spiro atoms. The molecule has 0 rings (SSSR count). The summed E-state index contributed by atoms with van der Waals surface area (Å²) in [5.41, 5.74) is 0. The predicted molar refractivity (Wildman–Crippen MR) is 57.4 cm³/mol. The normalized spacial score (nSPS) is 11.4. The quantitative estimate of drug-likeness (QED) is 0.596. The van der Waals surface area contributed by atoms with Gasteiger partial charge in [-0.15, -0.1) is 0 Å². The highest BCUT2D eigenvalue weighted by molar-refractivity contribution is 7.89. The van der Waals surface area contributed by atoms with Crippen molar-refractivity contribution < 1.29 is 23.1 Å². The van der Waals surface area contributed by atoms with Gasteiger partial charge in [-0.1, -0.05) is 0 Å². The van der Waals surface area contributed by atoms with Crippen molar-refractivity contribution in [2.45, 2.75) is 12.8 Å². The van der Waals surface area contributed by atoms with Crippen molar-refractivity contribution in [2.75, 3.05) is 26.4 Å². The van der Waals surface area contributed by atoms with Crippen LogP contribution in [0.3, 0.4) is 0 Å². The summed E-state index contributed by atoms with van der Waals surface area (Å²) in [6.45, 7) is 0.0433. The van der Waals surface area contributed by atoms with Gasteiger partial charge in [-0.2, -0.15) is 0 Å². The van der Waals surface area contributed by atoms with Crippen LogP contribution >= 0.6 is 0 Å². The summed E-state index contributed by atoms with van der Waals surface area (Å²) < 4.78 is 23.9. The van der Waals surface area contributed by atoms with Gasteiger partial charge in [0.1, 0.15) is 0 Å². The van der Waals surface area contributed by atoms with E-state index in [4.69, 9.17) is 5.11 Å². The second-order valence-electron chi connectivity index (χ2n) is 3.20. The number of carboxylic acids is 1. The van der Waals surface area contributed by atoms with Gasteiger partial charge in [0.2, 0.25) is 15.9 Å². The molecular weight excluding hydrogens is 236 g/mol. The van der Waals surface area contributed by atoms with E-state index < -0.39 is 28.2 Å². The summed E-state index contributed by atoms with van der Waals surface area (Å²) in [5.74, 6) is -1.88. The number of hydrogen-bond acceptors (Lipinski definition) is 4. The third-order valence-electron chi connectivity index (χ3n) is 1.98. The summed E-state index contributed by atoms with van der Waals surface area (Å²) >= 11 is 0. The van der Waals surface area contributed by atoms with E-state index in [9.17, 15) is 18.0 Å². The van der Waals surface area contributed by atoms with E-state index in [1.807, 2.05) is 0 Å². The Hall–Kier alpha value is -1.15. The Morgan fingerprint density at radius 3 is 2.31 bits per heavy atom. The zero-order chi connectivity index (χ0) is 12.8. The minimum absolute atomic E-state index is 0.0433. The highest BCUT2D eigenvalue weighted by atomic mass is 32.2. The van der Waals surface area contributed by atoms with Gasteiger partial charge >= 0.3 is 5.97 Å². The fourth-order valence-corrected chi connectivity index (χ4v) is 2.01. The number of carbonyl (C=O) groups is 2. The van der Waals surface area contributed by atoms with E-state index >= 15 is 0 Å². The molecule has 0 aromatic rings. The average molecular weight is 252 g/mol. The fourth-order valence-electron chi connectivity index (χ4n) is 0.895. The second kappa shape index (κ2) is 6.44. The first-order valence-electron chi connectivity index (χ1n) is 4.66. The standard InChI is InChI=1S/C8H16N2O5S/c1-9-7(11)3-5-10(2)16(14,15)6-4-8(12)13/h3-6H2,1-2H3,(H,9,11)(H,12,13). The summed E-state index contributed by atoms with van der Waals surface area (Å²) in [7, 11) is -0.808. The van der Waals surface area contributed by atoms with Gasteiger partial charge in [-0.05, 0) is 0 Å². The van der Waals surface area contributed by atoms with Crippen LogP contribution in [0, 0.1) is 0 Å². The number of nitrogens with zero attached hydrogens (tertiary/aromatic N) is 1. The van der Waals surface area contributed by atoms with Gasteiger partial charge < -0.3 is 10.4 Å². The van der Waals surface area contributed by atoms with Crippen LogP contribution in [-0.2, 0) is 19.6 Å². The zero-order valence-corrected chi connectivity index (χ0v) is 10.1. The number of amides is 1. The van der Waals surface area contributed by atoms with E-state index in [2.05, 4.69) is 5.32 Å². The molecule has 0 unspecified atom stereocenters. The molecule has 0 aromatic heterocycles. The third-order valence-corrected chi connectivity index (χ3v) is 3.83. The Kier molecular flexibility index (Phi) is 5.97. The maximum Gasteiger partial charge on any atom is 0.304 e. The Labute approximate surface area is 94.5 Å². The molecule has 0 fully saturated rings. The molecule has 0 saturated heterocycles. The fraction of sp³-hybridized carbons (Fsp3) is 0.750. The highest BCUT2D eigenvalue weighted by Crippen LogP contribution is 2.01. The molecule has 0 heterocycles.